The fourth-order valence-corrected chi connectivity index (χ4v) is 2.48. The van der Waals surface area contributed by atoms with Gasteiger partial charge in [0.25, 0.3) is 0 Å². The Morgan fingerprint density at radius 3 is 2.69 bits per heavy atom. The number of methoxy groups -OCH3 is 1. The number of aliphatic hydroxyl groups excluding tert-OH is 2. The highest BCUT2D eigenvalue weighted by Crippen LogP contribution is 2.26. The average Bonchev–Trinajstić information content (AvgIpc) is 2.66. The summed E-state index contributed by atoms with van der Waals surface area (Å²) in [6.45, 7) is 0.303. The molecule has 0 fully saturated rings. The van der Waals surface area contributed by atoms with Gasteiger partial charge >= 0.3 is 6.09 Å². The van der Waals surface area contributed by atoms with Crippen molar-refractivity contribution >= 4 is 17.7 Å². The number of hydrogen-bond donors (Lipinski definition) is 3. The molecule has 0 spiro atoms. The SMILES string of the molecule is COc1ncc(C(O)C(O)CCNC(=O)OCc2ccccc2)cc1Cl. The largest absolute Gasteiger partial charge is 0.480 e. The van der Waals surface area contributed by atoms with Crippen LogP contribution in [0, 0.1) is 0 Å². The van der Waals surface area contributed by atoms with Gasteiger partial charge in [0.05, 0.1) is 13.2 Å². The van der Waals surface area contributed by atoms with Crippen molar-refractivity contribution < 1.29 is 24.5 Å². The van der Waals surface area contributed by atoms with Crippen LogP contribution >= 0.6 is 11.6 Å². The number of alkyl carbamates (subject to hydrolysis) is 1. The summed E-state index contributed by atoms with van der Waals surface area (Å²) >= 11 is 5.96. The van der Waals surface area contributed by atoms with Crippen LogP contribution in [0.1, 0.15) is 23.7 Å². The molecule has 7 nitrogen and oxygen atoms in total. The molecule has 1 aromatic heterocycles. The molecule has 2 unspecified atom stereocenters. The monoisotopic (exact) mass is 380 g/mol. The quantitative estimate of drug-likeness (QED) is 0.650. The van der Waals surface area contributed by atoms with Crippen LogP contribution < -0.4 is 10.1 Å². The van der Waals surface area contributed by atoms with Crippen LogP contribution in [-0.4, -0.2) is 41.0 Å². The van der Waals surface area contributed by atoms with Crippen LogP contribution in [0.3, 0.4) is 0 Å². The van der Waals surface area contributed by atoms with Crippen molar-refractivity contribution in [1.82, 2.24) is 10.3 Å². The van der Waals surface area contributed by atoms with E-state index in [0.29, 0.717) is 5.56 Å². The smallest absolute Gasteiger partial charge is 0.407 e. The number of nitrogens with one attached hydrogen (secondary N) is 1. The van der Waals surface area contributed by atoms with Crippen molar-refractivity contribution in [2.24, 2.45) is 0 Å². The van der Waals surface area contributed by atoms with Crippen LogP contribution in [0.4, 0.5) is 4.79 Å². The third-order valence-electron chi connectivity index (χ3n) is 3.65. The van der Waals surface area contributed by atoms with E-state index in [-0.39, 0.29) is 30.5 Å². The fraction of sp³-hybridized carbons (Fsp3) is 0.333. The predicted octanol–water partition coefficient (Wildman–Crippen LogP) is 2.45. The van der Waals surface area contributed by atoms with Crippen LogP contribution in [-0.2, 0) is 11.3 Å². The minimum atomic E-state index is -1.19. The van der Waals surface area contributed by atoms with Crippen molar-refractivity contribution in [3.8, 4) is 5.88 Å². The minimum absolute atomic E-state index is 0.130. The molecule has 1 heterocycles. The highest BCUT2D eigenvalue weighted by molar-refractivity contribution is 6.31. The first-order valence-electron chi connectivity index (χ1n) is 8.01. The lowest BCUT2D eigenvalue weighted by molar-refractivity contribution is 0.0134. The zero-order chi connectivity index (χ0) is 18.9. The van der Waals surface area contributed by atoms with Crippen molar-refractivity contribution in [1.29, 1.82) is 0 Å². The number of nitrogens with zero attached hydrogens (tertiary/aromatic N) is 1. The highest BCUT2D eigenvalue weighted by Gasteiger charge is 2.20. The number of halogens is 1. The molecule has 140 valence electrons. The molecule has 26 heavy (non-hydrogen) atoms. The number of aromatic nitrogens is 1. The number of carbonyl (C=O) groups is 1. The van der Waals surface area contributed by atoms with E-state index < -0.39 is 18.3 Å². The maximum Gasteiger partial charge on any atom is 0.407 e. The first-order chi connectivity index (χ1) is 12.5. The van der Waals surface area contributed by atoms with E-state index in [0.717, 1.165) is 5.56 Å². The maximum atomic E-state index is 11.6. The van der Waals surface area contributed by atoms with Gasteiger partial charge in [-0.3, -0.25) is 0 Å². The van der Waals surface area contributed by atoms with Crippen molar-refractivity contribution in [2.45, 2.75) is 25.2 Å². The van der Waals surface area contributed by atoms with Gasteiger partial charge in [0.15, 0.2) is 0 Å². The second-order valence-corrected chi connectivity index (χ2v) is 5.96. The van der Waals surface area contributed by atoms with E-state index in [2.05, 4.69) is 10.3 Å². The highest BCUT2D eigenvalue weighted by atomic mass is 35.5. The first-order valence-corrected chi connectivity index (χ1v) is 8.39. The second-order valence-electron chi connectivity index (χ2n) is 5.55. The normalized spacial score (nSPS) is 12.9. The summed E-state index contributed by atoms with van der Waals surface area (Å²) in [5, 5.41) is 23.0. The Labute approximate surface area is 156 Å². The van der Waals surface area contributed by atoms with Gasteiger partial charge in [0, 0.05) is 18.3 Å². The lowest BCUT2D eigenvalue weighted by atomic mass is 10.0. The number of hydrogen-bond acceptors (Lipinski definition) is 6. The Kier molecular flexibility index (Phi) is 7.65. The third-order valence-corrected chi connectivity index (χ3v) is 3.92. The summed E-state index contributed by atoms with van der Waals surface area (Å²) in [5.41, 5.74) is 1.23. The zero-order valence-electron chi connectivity index (χ0n) is 14.3. The number of aliphatic hydroxyl groups is 2. The lowest BCUT2D eigenvalue weighted by Gasteiger charge is -2.18. The lowest BCUT2D eigenvalue weighted by Crippen LogP contribution is -2.29. The number of ether oxygens (including phenoxy) is 2. The summed E-state index contributed by atoms with van der Waals surface area (Å²) in [7, 11) is 1.43. The van der Waals surface area contributed by atoms with Gasteiger partial charge in [0.1, 0.15) is 17.7 Å². The molecule has 0 aliphatic carbocycles. The Morgan fingerprint density at radius 1 is 1.31 bits per heavy atom. The summed E-state index contributed by atoms with van der Waals surface area (Å²) in [6.07, 6.45) is -1.38. The molecule has 1 amide bonds. The maximum absolute atomic E-state index is 11.6. The van der Waals surface area contributed by atoms with Crippen LogP contribution in [0.5, 0.6) is 5.88 Å². The van der Waals surface area contributed by atoms with E-state index in [1.807, 2.05) is 30.3 Å². The summed E-state index contributed by atoms with van der Waals surface area (Å²) in [4.78, 5) is 15.6. The second kappa shape index (κ2) is 9.96. The van der Waals surface area contributed by atoms with Crippen LogP contribution in [0.2, 0.25) is 5.02 Å². The van der Waals surface area contributed by atoms with Gasteiger partial charge in [-0.05, 0) is 18.1 Å². The molecule has 2 aromatic rings. The molecule has 0 aliphatic heterocycles. The molecule has 0 bridgehead atoms. The van der Waals surface area contributed by atoms with Gasteiger partial charge < -0.3 is 25.0 Å². The van der Waals surface area contributed by atoms with Gasteiger partial charge in [0.2, 0.25) is 5.88 Å². The van der Waals surface area contributed by atoms with Crippen molar-refractivity contribution in [2.75, 3.05) is 13.7 Å². The topological polar surface area (TPSA) is 101 Å². The number of pyridine rings is 1. The Bertz CT molecular complexity index is 714. The van der Waals surface area contributed by atoms with Gasteiger partial charge in [-0.1, -0.05) is 41.9 Å². The van der Waals surface area contributed by atoms with E-state index in [1.54, 1.807) is 0 Å². The molecule has 2 rings (SSSR count). The van der Waals surface area contributed by atoms with E-state index in [9.17, 15) is 15.0 Å². The third kappa shape index (κ3) is 5.87. The molecule has 0 saturated carbocycles. The number of rotatable bonds is 8. The molecule has 1 aromatic carbocycles. The fourth-order valence-electron chi connectivity index (χ4n) is 2.23. The zero-order valence-corrected chi connectivity index (χ0v) is 15.0. The molecule has 0 saturated heterocycles. The summed E-state index contributed by atoms with van der Waals surface area (Å²) < 4.78 is 10.00. The Balaban J connectivity index is 1.74. The molecule has 3 N–H and O–H groups in total. The molecule has 0 aliphatic rings. The van der Waals surface area contributed by atoms with Crippen molar-refractivity contribution in [3.05, 3.63) is 58.7 Å². The van der Waals surface area contributed by atoms with Crippen LogP contribution in [0.15, 0.2) is 42.6 Å². The molecule has 0 radical (unpaired) electrons. The standard InChI is InChI=1S/C18H21ClN2O5/c1-25-17-14(19)9-13(10-21-17)16(23)15(22)7-8-20-18(24)26-11-12-5-3-2-4-6-12/h2-6,9-10,15-16,22-23H,7-8,11H2,1H3,(H,20,24). The molecule has 8 heteroatoms. The first kappa shape index (κ1) is 20.0. The molecular weight excluding hydrogens is 360 g/mol. The van der Waals surface area contributed by atoms with E-state index in [1.165, 1.54) is 19.4 Å². The average molecular weight is 381 g/mol. The van der Waals surface area contributed by atoms with Crippen LogP contribution in [0.25, 0.3) is 0 Å². The minimum Gasteiger partial charge on any atom is -0.480 e. The molecule has 2 atom stereocenters. The van der Waals surface area contributed by atoms with E-state index >= 15 is 0 Å². The van der Waals surface area contributed by atoms with Crippen molar-refractivity contribution in [3.63, 3.8) is 0 Å². The summed E-state index contributed by atoms with van der Waals surface area (Å²) in [6, 6.07) is 10.8. The molecular formula is C18H21ClN2O5. The number of amides is 1. The van der Waals surface area contributed by atoms with E-state index in [4.69, 9.17) is 21.1 Å². The van der Waals surface area contributed by atoms with Gasteiger partial charge in [-0.25, -0.2) is 9.78 Å². The Morgan fingerprint density at radius 2 is 2.04 bits per heavy atom. The van der Waals surface area contributed by atoms with Gasteiger partial charge in [-0.15, -0.1) is 0 Å². The van der Waals surface area contributed by atoms with Gasteiger partial charge in [-0.2, -0.15) is 0 Å². The number of carbonyl (C=O) groups excluding carboxylic acids is 1. The Hall–Kier alpha value is -2.35. The number of benzene rings is 1. The predicted molar refractivity (Wildman–Crippen MR) is 96.0 cm³/mol. The summed E-state index contributed by atoms with van der Waals surface area (Å²) in [5.74, 6) is 0.236.